The molecule has 1 N–H and O–H groups in total. The first-order valence-corrected chi connectivity index (χ1v) is 7.45. The highest BCUT2D eigenvalue weighted by molar-refractivity contribution is 7.16. The lowest BCUT2D eigenvalue weighted by Crippen LogP contribution is -2.18. The van der Waals surface area contributed by atoms with Crippen LogP contribution in [0.3, 0.4) is 0 Å². The first-order chi connectivity index (χ1) is 9.54. The van der Waals surface area contributed by atoms with Crippen LogP contribution in [0.4, 0.5) is 0 Å². The number of benzene rings is 1. The van der Waals surface area contributed by atoms with Crippen LogP contribution in [0, 0.1) is 0 Å². The van der Waals surface area contributed by atoms with Gasteiger partial charge >= 0.3 is 5.97 Å². The molecule has 0 aliphatic rings. The van der Waals surface area contributed by atoms with Crippen LogP contribution in [-0.4, -0.2) is 23.0 Å². The quantitative estimate of drug-likeness (QED) is 0.885. The monoisotopic (exact) mass is 309 g/mol. The van der Waals surface area contributed by atoms with Gasteiger partial charge in [0, 0.05) is 18.0 Å². The van der Waals surface area contributed by atoms with Crippen molar-refractivity contribution in [1.29, 1.82) is 0 Å². The summed E-state index contributed by atoms with van der Waals surface area (Å²) in [6, 6.07) is 11.6. The fraction of sp³-hybridized carbons (Fsp3) is 0.267. The van der Waals surface area contributed by atoms with E-state index in [1.54, 1.807) is 11.3 Å². The molecular formula is C15H16ClNO2S. The molecule has 0 bridgehead atoms. The third-order valence-corrected chi connectivity index (χ3v) is 4.17. The van der Waals surface area contributed by atoms with Crippen molar-refractivity contribution < 1.29 is 9.90 Å². The standard InChI is InChI=1S/C15H16ClNO2S/c1-17(10-13-6-7-14(16)20-13)9-12-5-3-2-4-11(12)8-15(18)19/h2-7H,8-10H2,1H3,(H,18,19). The summed E-state index contributed by atoms with van der Waals surface area (Å²) < 4.78 is 0.791. The van der Waals surface area contributed by atoms with Gasteiger partial charge in [-0.05, 0) is 30.3 Å². The van der Waals surface area contributed by atoms with Gasteiger partial charge in [0.05, 0.1) is 10.8 Å². The van der Waals surface area contributed by atoms with Gasteiger partial charge in [0.25, 0.3) is 0 Å². The van der Waals surface area contributed by atoms with Gasteiger partial charge < -0.3 is 5.11 Å². The first-order valence-electron chi connectivity index (χ1n) is 6.26. The van der Waals surface area contributed by atoms with Crippen molar-refractivity contribution in [3.8, 4) is 0 Å². The molecular weight excluding hydrogens is 294 g/mol. The smallest absolute Gasteiger partial charge is 0.307 e. The molecule has 0 amide bonds. The minimum Gasteiger partial charge on any atom is -0.481 e. The number of nitrogens with zero attached hydrogens (tertiary/aromatic N) is 1. The molecule has 1 aromatic heterocycles. The van der Waals surface area contributed by atoms with Crippen LogP contribution < -0.4 is 0 Å². The van der Waals surface area contributed by atoms with Crippen LogP contribution >= 0.6 is 22.9 Å². The summed E-state index contributed by atoms with van der Waals surface area (Å²) in [5.41, 5.74) is 1.93. The number of rotatable bonds is 6. The summed E-state index contributed by atoms with van der Waals surface area (Å²) in [6.07, 6.45) is 0.0643. The van der Waals surface area contributed by atoms with Crippen LogP contribution in [0.25, 0.3) is 0 Å². The van der Waals surface area contributed by atoms with Crippen molar-refractivity contribution >= 4 is 28.9 Å². The summed E-state index contributed by atoms with van der Waals surface area (Å²) in [7, 11) is 2.02. The molecule has 0 fully saturated rings. The second-order valence-electron chi connectivity index (χ2n) is 4.72. The Morgan fingerprint density at radius 1 is 1.20 bits per heavy atom. The van der Waals surface area contributed by atoms with Crippen LogP contribution in [0.2, 0.25) is 4.34 Å². The highest BCUT2D eigenvalue weighted by Crippen LogP contribution is 2.23. The molecule has 0 spiro atoms. The average Bonchev–Trinajstić information content (AvgIpc) is 2.76. The van der Waals surface area contributed by atoms with E-state index in [0.29, 0.717) is 0 Å². The third-order valence-electron chi connectivity index (χ3n) is 2.95. The largest absolute Gasteiger partial charge is 0.481 e. The molecule has 0 unspecified atom stereocenters. The molecule has 0 aliphatic heterocycles. The summed E-state index contributed by atoms with van der Waals surface area (Å²) >= 11 is 7.49. The molecule has 0 saturated carbocycles. The van der Waals surface area contributed by atoms with Gasteiger partial charge in [-0.25, -0.2) is 0 Å². The van der Waals surface area contributed by atoms with Crippen molar-refractivity contribution in [1.82, 2.24) is 4.90 Å². The summed E-state index contributed by atoms with van der Waals surface area (Å²) in [6.45, 7) is 1.53. The van der Waals surface area contributed by atoms with E-state index in [1.807, 2.05) is 43.4 Å². The van der Waals surface area contributed by atoms with Crippen LogP contribution in [0.15, 0.2) is 36.4 Å². The average molecular weight is 310 g/mol. The zero-order valence-electron chi connectivity index (χ0n) is 11.2. The SMILES string of the molecule is CN(Cc1ccc(Cl)s1)Cc1ccccc1CC(=O)O. The summed E-state index contributed by atoms with van der Waals surface area (Å²) in [5.74, 6) is -0.801. The highest BCUT2D eigenvalue weighted by Gasteiger charge is 2.09. The van der Waals surface area contributed by atoms with Crippen molar-refractivity contribution in [3.05, 3.63) is 56.7 Å². The van der Waals surface area contributed by atoms with Crippen molar-refractivity contribution in [2.75, 3.05) is 7.05 Å². The maximum Gasteiger partial charge on any atom is 0.307 e. The van der Waals surface area contributed by atoms with Gasteiger partial charge in [-0.15, -0.1) is 11.3 Å². The summed E-state index contributed by atoms with van der Waals surface area (Å²) in [5, 5.41) is 8.94. The van der Waals surface area contributed by atoms with Gasteiger partial charge in [-0.2, -0.15) is 0 Å². The number of carboxylic acids is 1. The fourth-order valence-electron chi connectivity index (χ4n) is 2.10. The van der Waals surface area contributed by atoms with E-state index in [2.05, 4.69) is 4.90 Å². The van der Waals surface area contributed by atoms with Gasteiger partial charge in [0.2, 0.25) is 0 Å². The zero-order valence-corrected chi connectivity index (χ0v) is 12.7. The molecule has 2 aromatic rings. The molecule has 20 heavy (non-hydrogen) atoms. The number of hydrogen-bond acceptors (Lipinski definition) is 3. The molecule has 3 nitrogen and oxygen atoms in total. The van der Waals surface area contributed by atoms with E-state index in [9.17, 15) is 4.79 Å². The molecule has 0 saturated heterocycles. The molecule has 106 valence electrons. The van der Waals surface area contributed by atoms with Crippen molar-refractivity contribution in [2.45, 2.75) is 19.5 Å². The molecule has 5 heteroatoms. The van der Waals surface area contributed by atoms with Gasteiger partial charge in [0.1, 0.15) is 0 Å². The number of carboxylic acid groups (broad SMARTS) is 1. The fourth-order valence-corrected chi connectivity index (χ4v) is 3.26. The molecule has 1 aromatic carbocycles. The molecule has 0 aliphatic carbocycles. The Bertz CT molecular complexity index is 597. The number of carbonyl (C=O) groups is 1. The number of thiophene rings is 1. The lowest BCUT2D eigenvalue weighted by atomic mass is 10.0. The second-order valence-corrected chi connectivity index (χ2v) is 6.52. The van der Waals surface area contributed by atoms with E-state index in [1.165, 1.54) is 4.88 Å². The normalized spacial score (nSPS) is 10.9. The molecule has 0 atom stereocenters. The van der Waals surface area contributed by atoms with Crippen LogP contribution in [-0.2, 0) is 24.3 Å². The van der Waals surface area contributed by atoms with E-state index in [0.717, 1.165) is 28.6 Å². The minimum absolute atomic E-state index is 0.0643. The lowest BCUT2D eigenvalue weighted by molar-refractivity contribution is -0.136. The Morgan fingerprint density at radius 2 is 1.90 bits per heavy atom. The second kappa shape index (κ2) is 6.88. The Kier molecular flexibility index (Phi) is 5.17. The molecule has 1 heterocycles. The number of halogens is 1. The maximum atomic E-state index is 10.9. The van der Waals surface area contributed by atoms with E-state index >= 15 is 0 Å². The number of hydrogen-bond donors (Lipinski definition) is 1. The topological polar surface area (TPSA) is 40.5 Å². The van der Waals surface area contributed by atoms with E-state index in [4.69, 9.17) is 16.7 Å². The zero-order chi connectivity index (χ0) is 14.5. The van der Waals surface area contributed by atoms with E-state index in [-0.39, 0.29) is 6.42 Å². The maximum absolute atomic E-state index is 10.9. The van der Waals surface area contributed by atoms with Gasteiger partial charge in [0.15, 0.2) is 0 Å². The first kappa shape index (κ1) is 15.0. The predicted molar refractivity (Wildman–Crippen MR) is 82.3 cm³/mol. The Labute approximate surface area is 127 Å². The van der Waals surface area contributed by atoms with Gasteiger partial charge in [-0.3, -0.25) is 9.69 Å². The number of aliphatic carboxylic acids is 1. The molecule has 2 rings (SSSR count). The lowest BCUT2D eigenvalue weighted by Gasteiger charge is -2.17. The van der Waals surface area contributed by atoms with Crippen LogP contribution in [0.1, 0.15) is 16.0 Å². The van der Waals surface area contributed by atoms with Crippen molar-refractivity contribution in [3.63, 3.8) is 0 Å². The van der Waals surface area contributed by atoms with Crippen LogP contribution in [0.5, 0.6) is 0 Å². The van der Waals surface area contributed by atoms with E-state index < -0.39 is 5.97 Å². The molecule has 0 radical (unpaired) electrons. The Balaban J connectivity index is 2.03. The predicted octanol–water partition coefficient (Wildman–Crippen LogP) is 3.66. The Hall–Kier alpha value is -1.36. The minimum atomic E-state index is -0.801. The summed E-state index contributed by atoms with van der Waals surface area (Å²) in [4.78, 5) is 14.2. The van der Waals surface area contributed by atoms with Gasteiger partial charge in [-0.1, -0.05) is 35.9 Å². The third kappa shape index (κ3) is 4.34. The Morgan fingerprint density at radius 3 is 2.50 bits per heavy atom. The van der Waals surface area contributed by atoms with Crippen molar-refractivity contribution in [2.24, 2.45) is 0 Å². The highest BCUT2D eigenvalue weighted by atomic mass is 35.5.